The number of aromatic nitrogens is 1. The quantitative estimate of drug-likeness (QED) is 0.473. The summed E-state index contributed by atoms with van der Waals surface area (Å²) in [6.45, 7) is 0. The summed E-state index contributed by atoms with van der Waals surface area (Å²) in [5.41, 5.74) is 1.95. The number of aliphatic hydroxyl groups is 1. The molecular formula is C12H17FN4O2. The topological polar surface area (TPSA) is 100 Å². The molecule has 1 fully saturated rings. The van der Waals surface area contributed by atoms with Crippen LogP contribution < -0.4 is 16.6 Å². The monoisotopic (exact) mass is 268 g/mol. The van der Waals surface area contributed by atoms with Crippen molar-refractivity contribution in [2.24, 2.45) is 5.84 Å². The van der Waals surface area contributed by atoms with Gasteiger partial charge in [-0.2, -0.15) is 0 Å². The number of anilines is 1. The second kappa shape index (κ2) is 5.94. The standard InChI is InChI=1S/C12H17FN4O2/c13-10-7(5-6-15-11(10)17-14)12(19)16-8-3-1-2-4-9(8)18/h5-6,8-9,18H,1-4,14H2,(H,15,17)(H,16,19). The highest BCUT2D eigenvalue weighted by Gasteiger charge is 2.26. The predicted octanol–water partition coefficient (Wildman–Crippen LogP) is 0.540. The molecule has 104 valence electrons. The Morgan fingerprint density at radius 1 is 1.47 bits per heavy atom. The van der Waals surface area contributed by atoms with Crippen molar-refractivity contribution in [1.82, 2.24) is 10.3 Å². The first kappa shape index (κ1) is 13.7. The number of pyridine rings is 1. The van der Waals surface area contributed by atoms with Crippen molar-refractivity contribution in [2.75, 3.05) is 5.43 Å². The van der Waals surface area contributed by atoms with E-state index in [9.17, 15) is 14.3 Å². The van der Waals surface area contributed by atoms with E-state index in [1.165, 1.54) is 12.3 Å². The van der Waals surface area contributed by atoms with Crippen molar-refractivity contribution in [1.29, 1.82) is 0 Å². The summed E-state index contributed by atoms with van der Waals surface area (Å²) in [7, 11) is 0. The molecule has 1 aromatic heterocycles. The lowest BCUT2D eigenvalue weighted by Crippen LogP contribution is -2.45. The highest BCUT2D eigenvalue weighted by Crippen LogP contribution is 2.20. The average molecular weight is 268 g/mol. The number of carbonyl (C=O) groups excluding carboxylic acids is 1. The Bertz CT molecular complexity index is 469. The molecule has 1 aliphatic carbocycles. The molecule has 0 spiro atoms. The molecule has 1 heterocycles. The normalized spacial score (nSPS) is 22.9. The minimum atomic E-state index is -0.798. The third-order valence-electron chi connectivity index (χ3n) is 3.32. The second-order valence-corrected chi connectivity index (χ2v) is 4.60. The van der Waals surface area contributed by atoms with Crippen LogP contribution in [-0.2, 0) is 0 Å². The van der Waals surface area contributed by atoms with Crippen LogP contribution in [0.4, 0.5) is 10.2 Å². The Morgan fingerprint density at radius 2 is 2.21 bits per heavy atom. The molecule has 1 aliphatic rings. The maximum Gasteiger partial charge on any atom is 0.254 e. The van der Waals surface area contributed by atoms with Crippen LogP contribution in [0.2, 0.25) is 0 Å². The second-order valence-electron chi connectivity index (χ2n) is 4.60. The maximum atomic E-state index is 13.8. The van der Waals surface area contributed by atoms with Gasteiger partial charge in [0.05, 0.1) is 17.7 Å². The van der Waals surface area contributed by atoms with Gasteiger partial charge in [-0.1, -0.05) is 12.8 Å². The van der Waals surface area contributed by atoms with Gasteiger partial charge in [0.1, 0.15) is 0 Å². The van der Waals surface area contributed by atoms with Gasteiger partial charge in [0.15, 0.2) is 11.6 Å². The van der Waals surface area contributed by atoms with E-state index in [-0.39, 0.29) is 17.4 Å². The fourth-order valence-electron chi connectivity index (χ4n) is 2.25. The van der Waals surface area contributed by atoms with Crippen molar-refractivity contribution in [3.63, 3.8) is 0 Å². The zero-order valence-corrected chi connectivity index (χ0v) is 10.4. The first-order chi connectivity index (χ1) is 9.13. The number of hydrogen-bond donors (Lipinski definition) is 4. The summed E-state index contributed by atoms with van der Waals surface area (Å²) in [6.07, 6.45) is 3.95. The molecule has 0 saturated heterocycles. The summed E-state index contributed by atoms with van der Waals surface area (Å²) >= 11 is 0. The minimum absolute atomic E-state index is 0.138. The summed E-state index contributed by atoms with van der Waals surface area (Å²) in [4.78, 5) is 15.6. The number of amides is 1. The first-order valence-electron chi connectivity index (χ1n) is 6.23. The molecule has 5 N–H and O–H groups in total. The largest absolute Gasteiger partial charge is 0.391 e. The predicted molar refractivity (Wildman–Crippen MR) is 67.7 cm³/mol. The van der Waals surface area contributed by atoms with Crippen molar-refractivity contribution in [3.05, 3.63) is 23.6 Å². The maximum absolute atomic E-state index is 13.8. The molecule has 2 atom stereocenters. The zero-order chi connectivity index (χ0) is 13.8. The molecule has 1 amide bonds. The molecular weight excluding hydrogens is 251 g/mol. The smallest absolute Gasteiger partial charge is 0.254 e. The molecule has 0 aromatic carbocycles. The summed E-state index contributed by atoms with van der Waals surface area (Å²) in [5, 5.41) is 12.4. The van der Waals surface area contributed by atoms with E-state index in [4.69, 9.17) is 5.84 Å². The Hall–Kier alpha value is -1.73. The van der Waals surface area contributed by atoms with Crippen LogP contribution in [0.3, 0.4) is 0 Å². The number of aliphatic hydroxyl groups excluding tert-OH is 1. The number of hydrazine groups is 1. The van der Waals surface area contributed by atoms with Gasteiger partial charge in [-0.25, -0.2) is 15.2 Å². The SMILES string of the molecule is NNc1nccc(C(=O)NC2CCCCC2O)c1F. The van der Waals surface area contributed by atoms with E-state index < -0.39 is 17.8 Å². The van der Waals surface area contributed by atoms with Gasteiger partial charge in [-0.3, -0.25) is 4.79 Å². The molecule has 0 bridgehead atoms. The molecule has 2 unspecified atom stereocenters. The van der Waals surface area contributed by atoms with E-state index in [0.717, 1.165) is 12.8 Å². The summed E-state index contributed by atoms with van der Waals surface area (Å²) in [5.74, 6) is 3.55. The highest BCUT2D eigenvalue weighted by atomic mass is 19.1. The number of carbonyl (C=O) groups is 1. The third kappa shape index (κ3) is 2.99. The Morgan fingerprint density at radius 3 is 2.89 bits per heavy atom. The van der Waals surface area contributed by atoms with E-state index in [1.807, 2.05) is 0 Å². The van der Waals surface area contributed by atoms with Gasteiger partial charge in [-0.05, 0) is 18.9 Å². The van der Waals surface area contributed by atoms with E-state index in [1.54, 1.807) is 0 Å². The zero-order valence-electron chi connectivity index (χ0n) is 10.4. The molecule has 19 heavy (non-hydrogen) atoms. The van der Waals surface area contributed by atoms with Gasteiger partial charge < -0.3 is 15.8 Å². The lowest BCUT2D eigenvalue weighted by atomic mass is 9.92. The average Bonchev–Trinajstić information content (AvgIpc) is 2.41. The number of nitrogen functional groups attached to an aromatic ring is 1. The number of nitrogens with zero attached hydrogens (tertiary/aromatic N) is 1. The molecule has 0 aliphatic heterocycles. The fraction of sp³-hybridized carbons (Fsp3) is 0.500. The van der Waals surface area contributed by atoms with Crippen molar-refractivity contribution in [3.8, 4) is 0 Å². The van der Waals surface area contributed by atoms with Crippen LogP contribution in [0.15, 0.2) is 12.3 Å². The van der Waals surface area contributed by atoms with Crippen molar-refractivity contribution < 1.29 is 14.3 Å². The van der Waals surface area contributed by atoms with Crippen LogP contribution in [0.5, 0.6) is 0 Å². The minimum Gasteiger partial charge on any atom is -0.391 e. The Kier molecular flexibility index (Phi) is 4.28. The van der Waals surface area contributed by atoms with Crippen LogP contribution in [0.25, 0.3) is 0 Å². The first-order valence-corrected chi connectivity index (χ1v) is 6.23. The third-order valence-corrected chi connectivity index (χ3v) is 3.32. The molecule has 1 aromatic rings. The molecule has 1 saturated carbocycles. The van der Waals surface area contributed by atoms with Gasteiger partial charge in [0.2, 0.25) is 0 Å². The number of rotatable bonds is 3. The van der Waals surface area contributed by atoms with Crippen molar-refractivity contribution >= 4 is 11.7 Å². The van der Waals surface area contributed by atoms with E-state index in [0.29, 0.717) is 12.8 Å². The van der Waals surface area contributed by atoms with Crippen LogP contribution >= 0.6 is 0 Å². The van der Waals surface area contributed by atoms with Gasteiger partial charge >= 0.3 is 0 Å². The molecule has 0 radical (unpaired) electrons. The number of nitrogens with one attached hydrogen (secondary N) is 2. The van der Waals surface area contributed by atoms with Crippen LogP contribution in [0.1, 0.15) is 36.0 Å². The van der Waals surface area contributed by atoms with Gasteiger partial charge in [0.25, 0.3) is 5.91 Å². The number of nitrogens with two attached hydrogens (primary N) is 1. The fourth-order valence-corrected chi connectivity index (χ4v) is 2.25. The summed E-state index contributed by atoms with van der Waals surface area (Å²) in [6, 6.07) is 0.948. The Labute approximate surface area is 110 Å². The van der Waals surface area contributed by atoms with E-state index in [2.05, 4.69) is 15.7 Å². The number of hydrogen-bond acceptors (Lipinski definition) is 5. The van der Waals surface area contributed by atoms with Gasteiger partial charge in [0, 0.05) is 6.20 Å². The Balaban J connectivity index is 2.11. The molecule has 2 rings (SSSR count). The lowest BCUT2D eigenvalue weighted by Gasteiger charge is -2.28. The highest BCUT2D eigenvalue weighted by molar-refractivity contribution is 5.95. The lowest BCUT2D eigenvalue weighted by molar-refractivity contribution is 0.0714. The summed E-state index contributed by atoms with van der Waals surface area (Å²) < 4.78 is 13.8. The van der Waals surface area contributed by atoms with E-state index >= 15 is 0 Å². The van der Waals surface area contributed by atoms with Crippen LogP contribution in [-0.4, -0.2) is 28.1 Å². The number of halogens is 1. The molecule has 6 nitrogen and oxygen atoms in total. The van der Waals surface area contributed by atoms with Crippen molar-refractivity contribution in [2.45, 2.75) is 37.8 Å². The van der Waals surface area contributed by atoms with Crippen LogP contribution in [0, 0.1) is 5.82 Å². The van der Waals surface area contributed by atoms with Gasteiger partial charge in [-0.15, -0.1) is 0 Å². The molecule has 7 heteroatoms.